The fourth-order valence-electron chi connectivity index (χ4n) is 3.78. The number of amides is 2. The first-order chi connectivity index (χ1) is 11.0. The third-order valence-electron chi connectivity index (χ3n) is 5.09. The molecule has 0 atom stereocenters. The van der Waals surface area contributed by atoms with Crippen LogP contribution in [-0.2, 0) is 10.2 Å². The summed E-state index contributed by atoms with van der Waals surface area (Å²) in [6, 6.07) is -0.0866. The Morgan fingerprint density at radius 1 is 1.38 bits per heavy atom. The number of carbonyl (C=O) groups excluding carboxylic acids is 1. The SMILES string of the molecule is CC1(C)C(=O)N(C2CC(N(C(=O)O)C(C)(C)C)C2)c2ncncc21. The van der Waals surface area contributed by atoms with Gasteiger partial charge in [-0.1, -0.05) is 0 Å². The molecule has 2 heterocycles. The van der Waals surface area contributed by atoms with E-state index in [9.17, 15) is 14.7 Å². The molecule has 2 amide bonds. The van der Waals surface area contributed by atoms with Crippen LogP contribution in [0.4, 0.5) is 10.6 Å². The first-order valence-corrected chi connectivity index (χ1v) is 8.21. The molecular formula is C17H24N4O3. The number of nitrogens with zero attached hydrogens (tertiary/aromatic N) is 4. The summed E-state index contributed by atoms with van der Waals surface area (Å²) in [7, 11) is 0. The average Bonchev–Trinajstić information content (AvgIpc) is 2.61. The summed E-state index contributed by atoms with van der Waals surface area (Å²) in [6.45, 7) is 9.43. The maximum absolute atomic E-state index is 12.9. The Hall–Kier alpha value is -2.18. The van der Waals surface area contributed by atoms with Crippen molar-refractivity contribution in [3.05, 3.63) is 18.1 Å². The minimum Gasteiger partial charge on any atom is -0.465 e. The van der Waals surface area contributed by atoms with Crippen LogP contribution in [0, 0.1) is 0 Å². The molecule has 1 aromatic rings. The summed E-state index contributed by atoms with van der Waals surface area (Å²) in [6.07, 6.45) is 3.51. The molecule has 1 fully saturated rings. The van der Waals surface area contributed by atoms with Crippen molar-refractivity contribution in [2.45, 2.75) is 70.5 Å². The number of hydrogen-bond donors (Lipinski definition) is 1. The first-order valence-electron chi connectivity index (χ1n) is 8.21. The van der Waals surface area contributed by atoms with Crippen molar-refractivity contribution in [3.8, 4) is 0 Å². The molecule has 0 unspecified atom stereocenters. The second kappa shape index (κ2) is 5.16. The van der Waals surface area contributed by atoms with Gasteiger partial charge in [0.2, 0.25) is 5.91 Å². The lowest BCUT2D eigenvalue weighted by Gasteiger charge is -2.49. The smallest absolute Gasteiger partial charge is 0.407 e. The molecule has 3 rings (SSSR count). The lowest BCUT2D eigenvalue weighted by Crippen LogP contribution is -2.61. The van der Waals surface area contributed by atoms with Gasteiger partial charge in [0.25, 0.3) is 0 Å². The van der Waals surface area contributed by atoms with Gasteiger partial charge in [-0.15, -0.1) is 0 Å². The van der Waals surface area contributed by atoms with E-state index in [4.69, 9.17) is 0 Å². The maximum atomic E-state index is 12.9. The van der Waals surface area contributed by atoms with Crippen LogP contribution in [0.15, 0.2) is 12.5 Å². The highest BCUT2D eigenvalue weighted by Gasteiger charge is 2.52. The molecule has 130 valence electrons. The second-order valence-corrected chi connectivity index (χ2v) is 8.16. The lowest BCUT2D eigenvalue weighted by molar-refractivity contribution is -0.123. The van der Waals surface area contributed by atoms with Crippen LogP contribution < -0.4 is 4.90 Å². The standard InChI is InChI=1S/C17H24N4O3/c1-16(2,3)21(15(23)24)11-6-10(7-11)20-13-12(8-18-9-19-13)17(4,5)14(20)22/h8-11H,6-7H2,1-5H3,(H,23,24). The monoisotopic (exact) mass is 332 g/mol. The van der Waals surface area contributed by atoms with Crippen LogP contribution in [0.5, 0.6) is 0 Å². The van der Waals surface area contributed by atoms with E-state index in [-0.39, 0.29) is 18.0 Å². The summed E-state index contributed by atoms with van der Waals surface area (Å²) in [5.74, 6) is 0.681. The highest BCUT2D eigenvalue weighted by molar-refractivity contribution is 6.07. The molecule has 1 N–H and O–H groups in total. The predicted octanol–water partition coefficient (Wildman–Crippen LogP) is 2.41. The summed E-state index contributed by atoms with van der Waals surface area (Å²) >= 11 is 0. The number of anilines is 1. The Balaban J connectivity index is 1.82. The van der Waals surface area contributed by atoms with Crippen molar-refractivity contribution in [3.63, 3.8) is 0 Å². The number of aromatic nitrogens is 2. The molecule has 1 aliphatic heterocycles. The van der Waals surface area contributed by atoms with Crippen LogP contribution in [-0.4, -0.2) is 49.6 Å². The van der Waals surface area contributed by atoms with Crippen molar-refractivity contribution in [1.29, 1.82) is 0 Å². The maximum Gasteiger partial charge on any atom is 0.407 e. The molecular weight excluding hydrogens is 308 g/mol. The predicted molar refractivity (Wildman–Crippen MR) is 89.0 cm³/mol. The molecule has 2 aliphatic rings. The van der Waals surface area contributed by atoms with Crippen molar-refractivity contribution < 1.29 is 14.7 Å². The van der Waals surface area contributed by atoms with Gasteiger partial charge in [0.05, 0.1) is 5.41 Å². The summed E-state index contributed by atoms with van der Waals surface area (Å²) < 4.78 is 0. The van der Waals surface area contributed by atoms with Gasteiger partial charge in [-0.05, 0) is 47.5 Å². The van der Waals surface area contributed by atoms with Gasteiger partial charge >= 0.3 is 6.09 Å². The Bertz CT molecular complexity index is 689. The largest absolute Gasteiger partial charge is 0.465 e. The number of carboxylic acid groups (broad SMARTS) is 1. The fraction of sp³-hybridized carbons (Fsp3) is 0.647. The molecule has 0 saturated heterocycles. The zero-order chi connectivity index (χ0) is 17.9. The highest BCUT2D eigenvalue weighted by atomic mass is 16.4. The van der Waals surface area contributed by atoms with E-state index in [0.717, 1.165) is 5.56 Å². The Labute approximate surface area is 141 Å². The van der Waals surface area contributed by atoms with Gasteiger partial charge in [-0.3, -0.25) is 9.69 Å². The number of fused-ring (bicyclic) bond motifs is 1. The molecule has 0 radical (unpaired) electrons. The molecule has 7 heteroatoms. The van der Waals surface area contributed by atoms with Crippen LogP contribution >= 0.6 is 0 Å². The van der Waals surface area contributed by atoms with Crippen molar-refractivity contribution in [1.82, 2.24) is 14.9 Å². The van der Waals surface area contributed by atoms with Crippen molar-refractivity contribution >= 4 is 17.8 Å². The summed E-state index contributed by atoms with van der Waals surface area (Å²) in [5.41, 5.74) is -0.266. The first kappa shape index (κ1) is 16.7. The van der Waals surface area contributed by atoms with Crippen LogP contribution in [0.25, 0.3) is 0 Å². The zero-order valence-corrected chi connectivity index (χ0v) is 14.8. The Kier molecular flexibility index (Phi) is 3.58. The summed E-state index contributed by atoms with van der Waals surface area (Å²) in [4.78, 5) is 36.0. The number of carbonyl (C=O) groups is 2. The van der Waals surface area contributed by atoms with E-state index in [2.05, 4.69) is 9.97 Å². The quantitative estimate of drug-likeness (QED) is 0.898. The molecule has 0 bridgehead atoms. The minimum absolute atomic E-state index is 0.0119. The van der Waals surface area contributed by atoms with Gasteiger partial charge in [0.15, 0.2) is 0 Å². The minimum atomic E-state index is -0.915. The zero-order valence-electron chi connectivity index (χ0n) is 14.8. The van der Waals surface area contributed by atoms with Crippen LogP contribution in [0.3, 0.4) is 0 Å². The average molecular weight is 332 g/mol. The topological polar surface area (TPSA) is 86.6 Å². The van der Waals surface area contributed by atoms with Crippen molar-refractivity contribution in [2.24, 2.45) is 0 Å². The normalized spacial score (nSPS) is 25.2. The van der Waals surface area contributed by atoms with Gasteiger partial charge in [0.1, 0.15) is 12.1 Å². The van der Waals surface area contributed by atoms with Crippen LogP contribution in [0.2, 0.25) is 0 Å². The molecule has 1 aliphatic carbocycles. The lowest BCUT2D eigenvalue weighted by atomic mass is 9.81. The Morgan fingerprint density at radius 2 is 2.00 bits per heavy atom. The molecule has 1 aromatic heterocycles. The molecule has 0 aromatic carbocycles. The highest BCUT2D eigenvalue weighted by Crippen LogP contribution is 2.45. The Morgan fingerprint density at radius 3 is 2.54 bits per heavy atom. The van der Waals surface area contributed by atoms with Gasteiger partial charge < -0.3 is 10.0 Å². The fourth-order valence-corrected chi connectivity index (χ4v) is 3.78. The van der Waals surface area contributed by atoms with E-state index < -0.39 is 17.0 Å². The number of hydrogen-bond acceptors (Lipinski definition) is 4. The van der Waals surface area contributed by atoms with Gasteiger partial charge in [-0.2, -0.15) is 0 Å². The third-order valence-corrected chi connectivity index (χ3v) is 5.09. The second-order valence-electron chi connectivity index (χ2n) is 8.16. The number of rotatable bonds is 2. The van der Waals surface area contributed by atoms with Gasteiger partial charge in [-0.25, -0.2) is 14.8 Å². The molecule has 0 spiro atoms. The third kappa shape index (κ3) is 2.34. The van der Waals surface area contributed by atoms with E-state index in [1.807, 2.05) is 34.6 Å². The molecule has 24 heavy (non-hydrogen) atoms. The van der Waals surface area contributed by atoms with E-state index in [1.54, 1.807) is 11.1 Å². The molecule has 1 saturated carbocycles. The van der Waals surface area contributed by atoms with E-state index in [1.165, 1.54) is 11.2 Å². The van der Waals surface area contributed by atoms with E-state index >= 15 is 0 Å². The summed E-state index contributed by atoms with van der Waals surface area (Å²) in [5, 5.41) is 9.51. The van der Waals surface area contributed by atoms with Crippen molar-refractivity contribution in [2.75, 3.05) is 4.90 Å². The molecule has 7 nitrogen and oxygen atoms in total. The van der Waals surface area contributed by atoms with E-state index in [0.29, 0.717) is 18.7 Å². The van der Waals surface area contributed by atoms with Crippen LogP contribution in [0.1, 0.15) is 53.0 Å². The van der Waals surface area contributed by atoms with Gasteiger partial charge in [0, 0.05) is 29.4 Å².